The van der Waals surface area contributed by atoms with Crippen LogP contribution in [0.3, 0.4) is 0 Å². The van der Waals surface area contributed by atoms with E-state index in [0.29, 0.717) is 36.2 Å². The number of hydroxylamine groups is 1. The fourth-order valence-corrected chi connectivity index (χ4v) is 5.44. The van der Waals surface area contributed by atoms with Crippen LogP contribution in [0, 0.1) is 23.7 Å². The van der Waals surface area contributed by atoms with Crippen LogP contribution in [-0.4, -0.2) is 49.9 Å². The first-order chi connectivity index (χ1) is 13.5. The molecule has 0 bridgehead atoms. The Hall–Kier alpha value is -1.20. The average Bonchev–Trinajstić information content (AvgIpc) is 2.97. The second-order valence-corrected chi connectivity index (χ2v) is 9.25. The van der Waals surface area contributed by atoms with Crippen LogP contribution in [0.2, 0.25) is 0 Å². The van der Waals surface area contributed by atoms with E-state index in [9.17, 15) is 5.11 Å². The Morgan fingerprint density at radius 2 is 1.96 bits per heavy atom. The van der Waals surface area contributed by atoms with Gasteiger partial charge in [0, 0.05) is 13.1 Å². The normalized spacial score (nSPS) is 33.3. The molecule has 156 valence electrons. The van der Waals surface area contributed by atoms with E-state index >= 15 is 0 Å². The standard InChI is InChI=1S/C24H38N2O2/c1-17(16-25-28-11-10-26(3)4)12-21-15-23(27)22-14-20(13-18(2)24(21)22)19-8-6-5-7-9-19/h5-9,12,18,20-25,27H,10-11,13-16H2,1-4H3/b17-12+/t18-,20-,21+,22+,23-,24+/m0/s1. The number of rotatable bonds is 8. The summed E-state index contributed by atoms with van der Waals surface area (Å²) in [4.78, 5) is 7.62. The summed E-state index contributed by atoms with van der Waals surface area (Å²) < 4.78 is 0. The molecule has 3 rings (SSSR count). The zero-order chi connectivity index (χ0) is 20.1. The van der Waals surface area contributed by atoms with E-state index in [1.165, 1.54) is 17.6 Å². The second kappa shape index (κ2) is 10.0. The number of nitrogens with one attached hydrogen (secondary N) is 1. The predicted octanol–water partition coefficient (Wildman–Crippen LogP) is 3.84. The number of allylic oxidation sites excluding steroid dienone is 1. The highest BCUT2D eigenvalue weighted by molar-refractivity contribution is 5.22. The van der Waals surface area contributed by atoms with Gasteiger partial charge in [-0.1, -0.05) is 48.9 Å². The van der Waals surface area contributed by atoms with Crippen LogP contribution in [0.15, 0.2) is 42.0 Å². The van der Waals surface area contributed by atoms with Crippen molar-refractivity contribution in [2.75, 3.05) is 33.8 Å². The Morgan fingerprint density at radius 1 is 1.21 bits per heavy atom. The highest BCUT2D eigenvalue weighted by Gasteiger charge is 2.48. The number of fused-ring (bicyclic) bond motifs is 1. The predicted molar refractivity (Wildman–Crippen MR) is 115 cm³/mol. The summed E-state index contributed by atoms with van der Waals surface area (Å²) in [6.07, 6.45) is 5.48. The van der Waals surface area contributed by atoms with Crippen LogP contribution in [0.25, 0.3) is 0 Å². The number of hydrogen-bond acceptors (Lipinski definition) is 4. The maximum atomic E-state index is 10.8. The van der Waals surface area contributed by atoms with E-state index in [1.54, 1.807) is 0 Å². The van der Waals surface area contributed by atoms with E-state index in [1.807, 2.05) is 14.1 Å². The minimum atomic E-state index is -0.169. The molecule has 2 fully saturated rings. The molecule has 2 aliphatic carbocycles. The Morgan fingerprint density at radius 3 is 2.68 bits per heavy atom. The topological polar surface area (TPSA) is 44.7 Å². The Bertz CT molecular complexity index is 631. The van der Waals surface area contributed by atoms with Gasteiger partial charge in [-0.3, -0.25) is 0 Å². The molecule has 0 radical (unpaired) electrons. The van der Waals surface area contributed by atoms with Gasteiger partial charge < -0.3 is 14.8 Å². The Labute approximate surface area is 170 Å². The van der Waals surface area contributed by atoms with Crippen molar-refractivity contribution in [3.63, 3.8) is 0 Å². The van der Waals surface area contributed by atoms with Gasteiger partial charge in [0.1, 0.15) is 0 Å². The molecule has 1 aromatic carbocycles. The van der Waals surface area contributed by atoms with Crippen LogP contribution >= 0.6 is 0 Å². The second-order valence-electron chi connectivity index (χ2n) is 9.25. The number of benzene rings is 1. The molecule has 4 heteroatoms. The van der Waals surface area contributed by atoms with Crippen LogP contribution in [0.4, 0.5) is 0 Å². The first-order valence-electron chi connectivity index (χ1n) is 10.9. The van der Waals surface area contributed by atoms with E-state index < -0.39 is 0 Å². The monoisotopic (exact) mass is 386 g/mol. The number of likely N-dealkylation sites (N-methyl/N-ethyl adjacent to an activating group) is 1. The van der Waals surface area contributed by atoms with Crippen molar-refractivity contribution >= 4 is 0 Å². The smallest absolute Gasteiger partial charge is 0.0809 e. The molecule has 2 N–H and O–H groups in total. The highest BCUT2D eigenvalue weighted by Crippen LogP contribution is 2.53. The number of hydrogen-bond donors (Lipinski definition) is 2. The summed E-state index contributed by atoms with van der Waals surface area (Å²) in [5.74, 6) is 2.73. The third kappa shape index (κ3) is 5.44. The summed E-state index contributed by atoms with van der Waals surface area (Å²) in [7, 11) is 4.09. The van der Waals surface area contributed by atoms with Crippen molar-refractivity contribution in [2.24, 2.45) is 23.7 Å². The molecule has 6 atom stereocenters. The molecule has 0 spiro atoms. The number of aliphatic hydroxyl groups is 1. The molecule has 0 heterocycles. The van der Waals surface area contributed by atoms with E-state index in [-0.39, 0.29) is 6.10 Å². The SMILES string of the molecule is C/C(=C\[C@@H]1C[C@H](O)[C@H]2C[C@@H](c3ccccc3)C[C@H](C)[C@@H]21)CNOCCN(C)C. The molecule has 0 saturated heterocycles. The molecule has 0 amide bonds. The maximum absolute atomic E-state index is 10.8. The van der Waals surface area contributed by atoms with Crippen LogP contribution in [0.5, 0.6) is 0 Å². The molecule has 0 unspecified atom stereocenters. The van der Waals surface area contributed by atoms with Gasteiger partial charge in [-0.2, -0.15) is 5.48 Å². The molecule has 28 heavy (non-hydrogen) atoms. The zero-order valence-corrected chi connectivity index (χ0v) is 18.0. The summed E-state index contributed by atoms with van der Waals surface area (Å²) in [6.45, 7) is 6.91. The number of aliphatic hydroxyl groups excluding tert-OH is 1. The van der Waals surface area contributed by atoms with Gasteiger partial charge in [-0.15, -0.1) is 0 Å². The largest absolute Gasteiger partial charge is 0.393 e. The summed E-state index contributed by atoms with van der Waals surface area (Å²) >= 11 is 0. The molecule has 1 aromatic rings. The lowest BCUT2D eigenvalue weighted by Crippen LogP contribution is -2.33. The Balaban J connectivity index is 1.57. The van der Waals surface area contributed by atoms with Crippen molar-refractivity contribution in [3.8, 4) is 0 Å². The Kier molecular flexibility index (Phi) is 7.69. The quantitative estimate of drug-likeness (QED) is 0.405. The van der Waals surface area contributed by atoms with Gasteiger partial charge in [0.05, 0.1) is 12.7 Å². The van der Waals surface area contributed by atoms with Gasteiger partial charge in [-0.05, 0) is 75.4 Å². The fourth-order valence-electron chi connectivity index (χ4n) is 5.44. The maximum Gasteiger partial charge on any atom is 0.0809 e. The lowest BCUT2D eigenvalue weighted by atomic mass is 9.65. The minimum Gasteiger partial charge on any atom is -0.393 e. The van der Waals surface area contributed by atoms with Gasteiger partial charge in [0.2, 0.25) is 0 Å². The lowest BCUT2D eigenvalue weighted by Gasteiger charge is -2.40. The molecule has 0 aromatic heterocycles. The summed E-state index contributed by atoms with van der Waals surface area (Å²) in [5.41, 5.74) is 5.82. The average molecular weight is 387 g/mol. The zero-order valence-electron chi connectivity index (χ0n) is 18.0. The molecular weight excluding hydrogens is 348 g/mol. The van der Waals surface area contributed by atoms with E-state index in [2.05, 4.69) is 60.6 Å². The summed E-state index contributed by atoms with van der Waals surface area (Å²) in [6, 6.07) is 10.9. The van der Waals surface area contributed by atoms with Gasteiger partial charge >= 0.3 is 0 Å². The van der Waals surface area contributed by atoms with E-state index in [4.69, 9.17) is 4.84 Å². The van der Waals surface area contributed by atoms with Crippen LogP contribution < -0.4 is 5.48 Å². The summed E-state index contributed by atoms with van der Waals surface area (Å²) in [5, 5.41) is 10.8. The molecule has 4 nitrogen and oxygen atoms in total. The van der Waals surface area contributed by atoms with Crippen molar-refractivity contribution in [1.29, 1.82) is 0 Å². The first kappa shape index (κ1) is 21.5. The van der Waals surface area contributed by atoms with Gasteiger partial charge in [-0.25, -0.2) is 0 Å². The van der Waals surface area contributed by atoms with Gasteiger partial charge in [0.25, 0.3) is 0 Å². The molecule has 2 saturated carbocycles. The third-order valence-electron chi connectivity index (χ3n) is 6.73. The van der Waals surface area contributed by atoms with Gasteiger partial charge in [0.15, 0.2) is 0 Å². The lowest BCUT2D eigenvalue weighted by molar-refractivity contribution is 0.0377. The molecule has 0 aliphatic heterocycles. The van der Waals surface area contributed by atoms with Crippen molar-refractivity contribution in [3.05, 3.63) is 47.5 Å². The van der Waals surface area contributed by atoms with Crippen LogP contribution in [0.1, 0.15) is 44.6 Å². The fraction of sp³-hybridized carbons (Fsp3) is 0.667. The highest BCUT2D eigenvalue weighted by atomic mass is 16.6. The minimum absolute atomic E-state index is 0.169. The first-order valence-corrected chi connectivity index (χ1v) is 10.9. The third-order valence-corrected chi connectivity index (χ3v) is 6.73. The van der Waals surface area contributed by atoms with Crippen molar-refractivity contribution < 1.29 is 9.94 Å². The van der Waals surface area contributed by atoms with E-state index in [0.717, 1.165) is 25.9 Å². The van der Waals surface area contributed by atoms with Crippen molar-refractivity contribution in [2.45, 2.75) is 45.1 Å². The van der Waals surface area contributed by atoms with Crippen LogP contribution in [-0.2, 0) is 4.84 Å². The number of nitrogens with zero attached hydrogens (tertiary/aromatic N) is 1. The molecular formula is C24H38N2O2. The van der Waals surface area contributed by atoms with Crippen molar-refractivity contribution in [1.82, 2.24) is 10.4 Å². The molecule has 2 aliphatic rings.